The van der Waals surface area contributed by atoms with Gasteiger partial charge in [0.25, 0.3) is 0 Å². The molecule has 100 valence electrons. The summed E-state index contributed by atoms with van der Waals surface area (Å²) in [6.45, 7) is 2.40. The molecule has 0 spiro atoms. The molecule has 0 bridgehead atoms. The molecule has 0 fully saturated rings. The van der Waals surface area contributed by atoms with Gasteiger partial charge in [-0.15, -0.1) is 0 Å². The lowest BCUT2D eigenvalue weighted by Crippen LogP contribution is -2.18. The standard InChI is InChI=1S/C15H18FN3/c1-11(17)12-6-7-15(14(16)9-12)19(2)10-13-5-3-4-8-18-13/h3-9,11H,10,17H2,1-2H3. The van der Waals surface area contributed by atoms with Crippen LogP contribution in [0.5, 0.6) is 0 Å². The molecule has 4 heteroatoms. The van der Waals surface area contributed by atoms with Gasteiger partial charge in [0.1, 0.15) is 5.82 Å². The van der Waals surface area contributed by atoms with E-state index in [1.165, 1.54) is 6.07 Å². The molecule has 1 aromatic carbocycles. The number of rotatable bonds is 4. The van der Waals surface area contributed by atoms with Gasteiger partial charge < -0.3 is 10.6 Å². The molecule has 0 radical (unpaired) electrons. The summed E-state index contributed by atoms with van der Waals surface area (Å²) in [5, 5.41) is 0. The first-order valence-electron chi connectivity index (χ1n) is 6.24. The third-order valence-electron chi connectivity index (χ3n) is 3.03. The molecular formula is C15H18FN3. The van der Waals surface area contributed by atoms with E-state index in [9.17, 15) is 4.39 Å². The lowest BCUT2D eigenvalue weighted by molar-refractivity contribution is 0.616. The minimum atomic E-state index is -0.256. The normalized spacial score (nSPS) is 12.2. The predicted molar refractivity (Wildman–Crippen MR) is 75.3 cm³/mol. The summed E-state index contributed by atoms with van der Waals surface area (Å²) < 4.78 is 14.0. The summed E-state index contributed by atoms with van der Waals surface area (Å²) in [6, 6.07) is 10.7. The average molecular weight is 259 g/mol. The molecule has 1 unspecified atom stereocenters. The highest BCUT2D eigenvalue weighted by Crippen LogP contribution is 2.22. The molecule has 19 heavy (non-hydrogen) atoms. The Morgan fingerprint density at radius 3 is 2.68 bits per heavy atom. The molecule has 1 heterocycles. The number of hydrogen-bond acceptors (Lipinski definition) is 3. The maximum Gasteiger partial charge on any atom is 0.146 e. The molecule has 2 aromatic rings. The molecule has 0 amide bonds. The number of benzene rings is 1. The highest BCUT2D eigenvalue weighted by molar-refractivity contribution is 5.49. The molecule has 0 aliphatic heterocycles. The lowest BCUT2D eigenvalue weighted by Gasteiger charge is -2.20. The Morgan fingerprint density at radius 2 is 2.11 bits per heavy atom. The van der Waals surface area contributed by atoms with Crippen LogP contribution in [0.25, 0.3) is 0 Å². The van der Waals surface area contributed by atoms with E-state index >= 15 is 0 Å². The van der Waals surface area contributed by atoms with Gasteiger partial charge in [0.15, 0.2) is 0 Å². The monoisotopic (exact) mass is 259 g/mol. The van der Waals surface area contributed by atoms with Crippen molar-refractivity contribution in [2.75, 3.05) is 11.9 Å². The number of nitrogens with zero attached hydrogens (tertiary/aromatic N) is 2. The van der Waals surface area contributed by atoms with Crippen LogP contribution in [0.15, 0.2) is 42.6 Å². The topological polar surface area (TPSA) is 42.1 Å². The van der Waals surface area contributed by atoms with Crippen LogP contribution in [-0.2, 0) is 6.54 Å². The van der Waals surface area contributed by atoms with Gasteiger partial charge in [-0.25, -0.2) is 4.39 Å². The van der Waals surface area contributed by atoms with Crippen molar-refractivity contribution in [2.45, 2.75) is 19.5 Å². The number of nitrogens with two attached hydrogens (primary N) is 1. The lowest BCUT2D eigenvalue weighted by atomic mass is 10.1. The van der Waals surface area contributed by atoms with E-state index in [0.29, 0.717) is 12.2 Å². The second-order valence-corrected chi connectivity index (χ2v) is 4.68. The van der Waals surface area contributed by atoms with Crippen LogP contribution in [0.3, 0.4) is 0 Å². The Morgan fingerprint density at radius 1 is 1.32 bits per heavy atom. The molecule has 3 nitrogen and oxygen atoms in total. The molecule has 1 atom stereocenters. The molecule has 2 rings (SSSR count). The maximum absolute atomic E-state index is 14.0. The minimum absolute atomic E-state index is 0.162. The van der Waals surface area contributed by atoms with Crippen molar-refractivity contribution in [3.8, 4) is 0 Å². The smallest absolute Gasteiger partial charge is 0.146 e. The number of aromatic nitrogens is 1. The highest BCUT2D eigenvalue weighted by Gasteiger charge is 2.10. The molecule has 0 aliphatic rings. The molecule has 0 saturated heterocycles. The van der Waals surface area contributed by atoms with Gasteiger partial charge in [0.05, 0.1) is 17.9 Å². The molecule has 1 aromatic heterocycles. The summed E-state index contributed by atoms with van der Waals surface area (Å²) in [7, 11) is 1.85. The van der Waals surface area contributed by atoms with E-state index in [1.807, 2.05) is 43.1 Å². The van der Waals surface area contributed by atoms with Crippen molar-refractivity contribution >= 4 is 5.69 Å². The first kappa shape index (κ1) is 13.5. The predicted octanol–water partition coefficient (Wildman–Crippen LogP) is 2.88. The van der Waals surface area contributed by atoms with Gasteiger partial charge in [-0.2, -0.15) is 0 Å². The van der Waals surface area contributed by atoms with Gasteiger partial charge >= 0.3 is 0 Å². The van der Waals surface area contributed by atoms with E-state index in [2.05, 4.69) is 4.98 Å². The quantitative estimate of drug-likeness (QED) is 0.918. The number of pyridine rings is 1. The van der Waals surface area contributed by atoms with Crippen LogP contribution >= 0.6 is 0 Å². The maximum atomic E-state index is 14.0. The van der Waals surface area contributed by atoms with Crippen LogP contribution in [0, 0.1) is 5.82 Å². The second kappa shape index (κ2) is 5.80. The average Bonchev–Trinajstić information content (AvgIpc) is 2.39. The van der Waals surface area contributed by atoms with Crippen LogP contribution in [0.4, 0.5) is 10.1 Å². The zero-order valence-electron chi connectivity index (χ0n) is 11.2. The highest BCUT2D eigenvalue weighted by atomic mass is 19.1. The van der Waals surface area contributed by atoms with Crippen molar-refractivity contribution in [3.05, 3.63) is 59.7 Å². The number of anilines is 1. The Kier molecular flexibility index (Phi) is 4.12. The summed E-state index contributed by atoms with van der Waals surface area (Å²) in [5.41, 5.74) is 8.00. The zero-order valence-corrected chi connectivity index (χ0v) is 11.2. The van der Waals surface area contributed by atoms with Crippen molar-refractivity contribution in [2.24, 2.45) is 5.73 Å². The van der Waals surface area contributed by atoms with Crippen molar-refractivity contribution in [3.63, 3.8) is 0 Å². The zero-order chi connectivity index (χ0) is 13.8. The third-order valence-corrected chi connectivity index (χ3v) is 3.03. The van der Waals surface area contributed by atoms with Crippen molar-refractivity contribution < 1.29 is 4.39 Å². The van der Waals surface area contributed by atoms with Gasteiger partial charge in [-0.3, -0.25) is 4.98 Å². The molecule has 2 N–H and O–H groups in total. The molecule has 0 saturated carbocycles. The first-order valence-corrected chi connectivity index (χ1v) is 6.24. The second-order valence-electron chi connectivity index (χ2n) is 4.68. The largest absolute Gasteiger partial charge is 0.366 e. The van der Waals surface area contributed by atoms with Gasteiger partial charge in [0, 0.05) is 19.3 Å². The fourth-order valence-electron chi connectivity index (χ4n) is 1.94. The van der Waals surface area contributed by atoms with E-state index in [-0.39, 0.29) is 11.9 Å². The van der Waals surface area contributed by atoms with Gasteiger partial charge in [0.2, 0.25) is 0 Å². The van der Waals surface area contributed by atoms with Crippen LogP contribution in [-0.4, -0.2) is 12.0 Å². The van der Waals surface area contributed by atoms with Crippen LogP contribution in [0.2, 0.25) is 0 Å². The first-order chi connectivity index (χ1) is 9.08. The SMILES string of the molecule is CC(N)c1ccc(N(C)Cc2ccccn2)c(F)c1. The number of halogens is 1. The van der Waals surface area contributed by atoms with Crippen molar-refractivity contribution in [1.29, 1.82) is 0 Å². The van der Waals surface area contributed by atoms with Crippen LogP contribution in [0.1, 0.15) is 24.2 Å². The Balaban J connectivity index is 2.17. The van der Waals surface area contributed by atoms with Crippen molar-refractivity contribution in [1.82, 2.24) is 4.98 Å². The van der Waals surface area contributed by atoms with E-state index < -0.39 is 0 Å². The molecule has 0 aliphatic carbocycles. The summed E-state index contributed by atoms with van der Waals surface area (Å²) in [5.74, 6) is -0.256. The third kappa shape index (κ3) is 3.29. The summed E-state index contributed by atoms with van der Waals surface area (Å²) in [4.78, 5) is 6.07. The summed E-state index contributed by atoms with van der Waals surface area (Å²) in [6.07, 6.45) is 1.73. The van der Waals surface area contributed by atoms with E-state index in [1.54, 1.807) is 12.3 Å². The Bertz CT molecular complexity index is 540. The fraction of sp³-hybridized carbons (Fsp3) is 0.267. The fourth-order valence-corrected chi connectivity index (χ4v) is 1.94. The molecular weight excluding hydrogens is 241 g/mol. The van der Waals surface area contributed by atoms with Crippen LogP contribution < -0.4 is 10.6 Å². The minimum Gasteiger partial charge on any atom is -0.366 e. The number of hydrogen-bond donors (Lipinski definition) is 1. The van der Waals surface area contributed by atoms with Gasteiger partial charge in [-0.1, -0.05) is 12.1 Å². The van der Waals surface area contributed by atoms with Gasteiger partial charge in [-0.05, 0) is 36.8 Å². The van der Waals surface area contributed by atoms with E-state index in [4.69, 9.17) is 5.73 Å². The summed E-state index contributed by atoms with van der Waals surface area (Å²) >= 11 is 0. The van der Waals surface area contributed by atoms with E-state index in [0.717, 1.165) is 11.3 Å². The Hall–Kier alpha value is -1.94. The Labute approximate surface area is 112 Å².